The number of carbonyl (C=O) groups is 2. The number of piperidine rings is 1. The summed E-state index contributed by atoms with van der Waals surface area (Å²) in [5, 5.41) is 4.11. The molecule has 0 spiro atoms. The second-order valence-corrected chi connectivity index (χ2v) is 6.23. The van der Waals surface area contributed by atoms with Crippen LogP contribution in [-0.2, 0) is 9.53 Å². The molecule has 23 heavy (non-hydrogen) atoms. The largest absolute Gasteiger partial charge is 0.365 e. The van der Waals surface area contributed by atoms with E-state index >= 15 is 0 Å². The Kier molecular flexibility index (Phi) is 4.61. The lowest BCUT2D eigenvalue weighted by atomic mass is 10.0. The van der Waals surface area contributed by atoms with Crippen molar-refractivity contribution < 1.29 is 14.3 Å². The topological polar surface area (TPSA) is 103 Å². The zero-order chi connectivity index (χ0) is 16.4. The number of carbonyl (C=O) groups excluding carboxylic acids is 2. The smallest absolute Gasteiger partial charge is 0.288 e. The van der Waals surface area contributed by atoms with E-state index in [1.807, 2.05) is 4.90 Å². The van der Waals surface area contributed by atoms with Gasteiger partial charge in [0, 0.05) is 13.1 Å². The van der Waals surface area contributed by atoms with Gasteiger partial charge in [-0.2, -0.15) is 0 Å². The van der Waals surface area contributed by atoms with Gasteiger partial charge in [-0.05, 0) is 32.1 Å². The minimum Gasteiger partial charge on any atom is -0.365 e. The maximum absolute atomic E-state index is 12.6. The predicted octanol–water partition coefficient (Wildman–Crippen LogP) is 0.498. The normalized spacial score (nSPS) is 28.0. The fraction of sp³-hybridized carbons (Fsp3) is 0.733. The van der Waals surface area contributed by atoms with Gasteiger partial charge in [0.1, 0.15) is 12.4 Å². The Morgan fingerprint density at radius 1 is 1.39 bits per heavy atom. The van der Waals surface area contributed by atoms with E-state index in [1.54, 1.807) is 4.68 Å². The van der Waals surface area contributed by atoms with Crippen LogP contribution in [0.4, 0.5) is 0 Å². The zero-order valence-electron chi connectivity index (χ0n) is 13.4. The number of nitrogens with zero attached hydrogens (tertiary/aromatic N) is 4. The van der Waals surface area contributed by atoms with E-state index in [-0.39, 0.29) is 30.0 Å². The highest BCUT2D eigenvalue weighted by Gasteiger charge is 2.35. The second kappa shape index (κ2) is 6.66. The van der Waals surface area contributed by atoms with Gasteiger partial charge in [0.05, 0.1) is 12.1 Å². The molecule has 3 rings (SSSR count). The molecule has 0 radical (unpaired) electrons. The lowest BCUT2D eigenvalue weighted by Gasteiger charge is -2.34. The van der Waals surface area contributed by atoms with Gasteiger partial charge in [0.15, 0.2) is 0 Å². The molecule has 0 saturated carbocycles. The fourth-order valence-corrected chi connectivity index (χ4v) is 3.33. The molecule has 2 N–H and O–H groups in total. The molecule has 0 aromatic carbocycles. The van der Waals surface area contributed by atoms with Crippen molar-refractivity contribution in [2.75, 3.05) is 13.1 Å². The quantitative estimate of drug-likeness (QED) is 0.869. The molecule has 1 aromatic rings. The lowest BCUT2D eigenvalue weighted by molar-refractivity contribution is -0.144. The predicted molar refractivity (Wildman–Crippen MR) is 81.6 cm³/mol. The highest BCUT2D eigenvalue weighted by molar-refractivity contribution is 5.88. The first-order chi connectivity index (χ1) is 11.1. The van der Waals surface area contributed by atoms with E-state index in [4.69, 9.17) is 10.5 Å². The van der Waals surface area contributed by atoms with Crippen molar-refractivity contribution in [2.24, 2.45) is 5.73 Å². The highest BCUT2D eigenvalue weighted by atomic mass is 16.5. The third-order valence-electron chi connectivity index (χ3n) is 4.65. The van der Waals surface area contributed by atoms with Gasteiger partial charge in [-0.3, -0.25) is 9.59 Å². The minimum absolute atomic E-state index is 0.0124. The Hall–Kier alpha value is -1.96. The van der Waals surface area contributed by atoms with Crippen molar-refractivity contribution in [1.82, 2.24) is 19.7 Å². The fourth-order valence-electron chi connectivity index (χ4n) is 3.33. The van der Waals surface area contributed by atoms with E-state index < -0.39 is 5.91 Å². The average molecular weight is 321 g/mol. The molecule has 0 bridgehead atoms. The van der Waals surface area contributed by atoms with Gasteiger partial charge >= 0.3 is 0 Å². The van der Waals surface area contributed by atoms with Gasteiger partial charge in [-0.15, -0.1) is 5.10 Å². The number of hydrogen-bond acceptors (Lipinski definition) is 5. The number of likely N-dealkylation sites (tertiary alicyclic amines) is 1. The van der Waals surface area contributed by atoms with Crippen LogP contribution in [-0.4, -0.2) is 56.8 Å². The van der Waals surface area contributed by atoms with E-state index in [2.05, 4.69) is 17.0 Å². The molecule has 2 saturated heterocycles. The van der Waals surface area contributed by atoms with Crippen molar-refractivity contribution in [2.45, 2.75) is 57.3 Å². The van der Waals surface area contributed by atoms with Gasteiger partial charge in [-0.25, -0.2) is 9.67 Å². The molecule has 1 aromatic heterocycles. The van der Waals surface area contributed by atoms with Crippen LogP contribution in [0.15, 0.2) is 6.33 Å². The molecule has 3 unspecified atom stereocenters. The summed E-state index contributed by atoms with van der Waals surface area (Å²) in [7, 11) is 0. The first-order valence-corrected chi connectivity index (χ1v) is 8.23. The number of aromatic nitrogens is 3. The number of amides is 2. The molecular weight excluding hydrogens is 298 g/mol. The number of ether oxygens (including phenoxy) is 1. The van der Waals surface area contributed by atoms with Gasteiger partial charge in [-0.1, -0.05) is 6.92 Å². The van der Waals surface area contributed by atoms with Crippen molar-refractivity contribution in [3.63, 3.8) is 0 Å². The monoisotopic (exact) mass is 321 g/mol. The number of hydrogen-bond donors (Lipinski definition) is 1. The lowest BCUT2D eigenvalue weighted by Crippen LogP contribution is -2.45. The van der Waals surface area contributed by atoms with Crippen molar-refractivity contribution in [3.8, 4) is 0 Å². The summed E-state index contributed by atoms with van der Waals surface area (Å²) in [6.07, 6.45) is 5.90. The Morgan fingerprint density at radius 3 is 2.87 bits per heavy atom. The van der Waals surface area contributed by atoms with Gasteiger partial charge < -0.3 is 15.4 Å². The average Bonchev–Trinajstić information content (AvgIpc) is 3.23. The van der Waals surface area contributed by atoms with Crippen LogP contribution >= 0.6 is 0 Å². The van der Waals surface area contributed by atoms with Crippen LogP contribution in [0, 0.1) is 0 Å². The molecular formula is C15H23N5O3. The van der Waals surface area contributed by atoms with Crippen LogP contribution in [0.5, 0.6) is 0 Å². The van der Waals surface area contributed by atoms with Crippen LogP contribution < -0.4 is 5.73 Å². The van der Waals surface area contributed by atoms with Crippen LogP contribution in [0.1, 0.15) is 55.7 Å². The van der Waals surface area contributed by atoms with E-state index in [0.29, 0.717) is 6.54 Å². The standard InChI is InChI=1S/C15H23N5O3/c1-2-11-5-6-12(23-11)15(22)19-7-3-4-10(8-19)20-9-17-14(18-20)13(16)21/h9-12H,2-8H2,1H3,(H2,16,21). The van der Waals surface area contributed by atoms with Crippen LogP contribution in [0.25, 0.3) is 0 Å². The summed E-state index contributed by atoms with van der Waals surface area (Å²) in [5.41, 5.74) is 5.18. The maximum atomic E-state index is 12.6. The number of rotatable bonds is 4. The Morgan fingerprint density at radius 2 is 2.22 bits per heavy atom. The molecule has 3 atom stereocenters. The Bertz CT molecular complexity index is 587. The van der Waals surface area contributed by atoms with Gasteiger partial charge in [0.25, 0.3) is 11.8 Å². The maximum Gasteiger partial charge on any atom is 0.288 e. The third-order valence-corrected chi connectivity index (χ3v) is 4.65. The third kappa shape index (κ3) is 3.36. The minimum atomic E-state index is -0.641. The summed E-state index contributed by atoms with van der Waals surface area (Å²) in [6, 6.07) is 0.0247. The van der Waals surface area contributed by atoms with Crippen LogP contribution in [0.3, 0.4) is 0 Å². The summed E-state index contributed by atoms with van der Waals surface area (Å²) in [5.74, 6) is -0.559. The molecule has 2 aliphatic rings. The second-order valence-electron chi connectivity index (χ2n) is 6.23. The number of primary amides is 1. The molecule has 3 heterocycles. The summed E-state index contributed by atoms with van der Waals surface area (Å²) in [4.78, 5) is 29.5. The summed E-state index contributed by atoms with van der Waals surface area (Å²) in [6.45, 7) is 3.38. The molecule has 2 aliphatic heterocycles. The molecule has 126 valence electrons. The molecule has 8 nitrogen and oxygen atoms in total. The first-order valence-electron chi connectivity index (χ1n) is 8.23. The van der Waals surface area contributed by atoms with E-state index in [0.717, 1.165) is 38.6 Å². The van der Waals surface area contributed by atoms with Crippen molar-refractivity contribution in [3.05, 3.63) is 12.2 Å². The summed E-state index contributed by atoms with van der Waals surface area (Å²) < 4.78 is 7.46. The Balaban J connectivity index is 1.63. The molecule has 0 aliphatic carbocycles. The van der Waals surface area contributed by atoms with Crippen molar-refractivity contribution >= 4 is 11.8 Å². The van der Waals surface area contributed by atoms with Crippen molar-refractivity contribution in [1.29, 1.82) is 0 Å². The Labute approximate surface area is 135 Å². The highest BCUT2D eigenvalue weighted by Crippen LogP contribution is 2.26. The molecule has 2 fully saturated rings. The van der Waals surface area contributed by atoms with Gasteiger partial charge in [0.2, 0.25) is 5.82 Å². The molecule has 8 heteroatoms. The SMILES string of the molecule is CCC1CCC(C(=O)N2CCCC(n3cnc(C(N)=O)n3)C2)O1. The zero-order valence-corrected chi connectivity index (χ0v) is 13.4. The van der Waals surface area contributed by atoms with Crippen LogP contribution in [0.2, 0.25) is 0 Å². The first kappa shape index (κ1) is 15.9. The number of nitrogens with two attached hydrogens (primary N) is 1. The van der Waals surface area contributed by atoms with E-state index in [9.17, 15) is 9.59 Å². The molecule has 2 amide bonds. The summed E-state index contributed by atoms with van der Waals surface area (Å²) >= 11 is 0. The van der Waals surface area contributed by atoms with E-state index in [1.165, 1.54) is 6.33 Å².